The van der Waals surface area contributed by atoms with Gasteiger partial charge in [0.05, 0.1) is 10.7 Å². The standard InChI is InChI=1S/C14H23N3S/c1-10-13(8-12-4-3-6-15-12)18-14(16-10)11-5-7-17(2)9-11/h11-12,15H,3-9H2,1-2H3. The predicted molar refractivity (Wildman–Crippen MR) is 76.4 cm³/mol. The molecule has 1 aromatic heterocycles. The van der Waals surface area contributed by atoms with E-state index in [0.717, 1.165) is 0 Å². The molecule has 0 aromatic carbocycles. The summed E-state index contributed by atoms with van der Waals surface area (Å²) in [6, 6.07) is 0.697. The van der Waals surface area contributed by atoms with Crippen LogP contribution in [0.15, 0.2) is 0 Å². The van der Waals surface area contributed by atoms with Crippen LogP contribution < -0.4 is 5.32 Å². The number of likely N-dealkylation sites (tertiary alicyclic amines) is 1. The maximum absolute atomic E-state index is 4.83. The minimum atomic E-state index is 0.684. The molecule has 1 aromatic rings. The van der Waals surface area contributed by atoms with Crippen molar-refractivity contribution in [2.75, 3.05) is 26.7 Å². The molecule has 18 heavy (non-hydrogen) atoms. The van der Waals surface area contributed by atoms with Gasteiger partial charge in [0.15, 0.2) is 0 Å². The van der Waals surface area contributed by atoms with E-state index in [1.165, 1.54) is 60.9 Å². The Morgan fingerprint density at radius 1 is 1.44 bits per heavy atom. The number of aromatic nitrogens is 1. The number of likely N-dealkylation sites (N-methyl/N-ethyl adjacent to an activating group) is 1. The molecule has 3 heterocycles. The second kappa shape index (κ2) is 5.27. The highest BCUT2D eigenvalue weighted by atomic mass is 32.1. The molecule has 2 aliphatic heterocycles. The van der Waals surface area contributed by atoms with Gasteiger partial charge in [0, 0.05) is 23.4 Å². The largest absolute Gasteiger partial charge is 0.314 e. The van der Waals surface area contributed by atoms with Crippen LogP contribution in [-0.2, 0) is 6.42 Å². The molecular formula is C14H23N3S. The van der Waals surface area contributed by atoms with Gasteiger partial charge in [-0.05, 0) is 52.7 Å². The predicted octanol–water partition coefficient (Wildman–Crippen LogP) is 2.17. The number of hydrogen-bond donors (Lipinski definition) is 1. The van der Waals surface area contributed by atoms with Gasteiger partial charge in [-0.1, -0.05) is 0 Å². The van der Waals surface area contributed by atoms with Crippen LogP contribution in [0.2, 0.25) is 0 Å². The van der Waals surface area contributed by atoms with Crippen molar-refractivity contribution >= 4 is 11.3 Å². The molecule has 0 bridgehead atoms. The van der Waals surface area contributed by atoms with Crippen LogP contribution in [0.1, 0.15) is 40.8 Å². The van der Waals surface area contributed by atoms with Crippen LogP contribution in [0.5, 0.6) is 0 Å². The fourth-order valence-corrected chi connectivity index (χ4v) is 4.38. The van der Waals surface area contributed by atoms with Crippen LogP contribution in [0.3, 0.4) is 0 Å². The second-order valence-electron chi connectivity index (χ2n) is 5.81. The van der Waals surface area contributed by atoms with Crippen LogP contribution in [-0.4, -0.2) is 42.6 Å². The van der Waals surface area contributed by atoms with Gasteiger partial charge >= 0.3 is 0 Å². The molecule has 4 heteroatoms. The van der Waals surface area contributed by atoms with Gasteiger partial charge < -0.3 is 10.2 Å². The average Bonchev–Trinajstić information content (AvgIpc) is 3.03. The first-order valence-corrected chi connectivity index (χ1v) is 7.92. The average molecular weight is 265 g/mol. The molecule has 0 amide bonds. The summed E-state index contributed by atoms with van der Waals surface area (Å²) in [5, 5.41) is 4.97. The molecule has 2 fully saturated rings. The molecule has 3 rings (SSSR count). The first-order chi connectivity index (χ1) is 8.72. The van der Waals surface area contributed by atoms with Gasteiger partial charge in [-0.25, -0.2) is 4.98 Å². The van der Waals surface area contributed by atoms with Crippen molar-refractivity contribution in [2.45, 2.75) is 44.6 Å². The van der Waals surface area contributed by atoms with Crippen LogP contribution >= 0.6 is 11.3 Å². The van der Waals surface area contributed by atoms with Crippen LogP contribution in [0.4, 0.5) is 0 Å². The van der Waals surface area contributed by atoms with Crippen molar-refractivity contribution in [1.29, 1.82) is 0 Å². The Kier molecular flexibility index (Phi) is 3.68. The van der Waals surface area contributed by atoms with Gasteiger partial charge in [-0.15, -0.1) is 11.3 Å². The fraction of sp³-hybridized carbons (Fsp3) is 0.786. The highest BCUT2D eigenvalue weighted by Crippen LogP contribution is 2.32. The van der Waals surface area contributed by atoms with E-state index in [1.807, 2.05) is 11.3 Å². The minimum absolute atomic E-state index is 0.684. The lowest BCUT2D eigenvalue weighted by Crippen LogP contribution is -2.23. The molecule has 2 saturated heterocycles. The van der Waals surface area contributed by atoms with Gasteiger partial charge in [0.25, 0.3) is 0 Å². The number of nitrogens with one attached hydrogen (secondary N) is 1. The maximum Gasteiger partial charge on any atom is 0.0975 e. The molecule has 0 saturated carbocycles. The first kappa shape index (κ1) is 12.6. The third-order valence-corrected chi connectivity index (χ3v) is 5.59. The molecule has 2 aliphatic rings. The van der Waals surface area contributed by atoms with Crippen molar-refractivity contribution < 1.29 is 0 Å². The van der Waals surface area contributed by atoms with E-state index in [-0.39, 0.29) is 0 Å². The Morgan fingerprint density at radius 2 is 2.33 bits per heavy atom. The van der Waals surface area contributed by atoms with Crippen molar-refractivity contribution in [3.05, 3.63) is 15.6 Å². The molecule has 2 unspecified atom stereocenters. The van der Waals surface area contributed by atoms with E-state index in [2.05, 4.69) is 24.2 Å². The number of rotatable bonds is 3. The van der Waals surface area contributed by atoms with Crippen molar-refractivity contribution in [1.82, 2.24) is 15.2 Å². The third kappa shape index (κ3) is 2.60. The Balaban J connectivity index is 1.69. The van der Waals surface area contributed by atoms with Gasteiger partial charge in [0.1, 0.15) is 0 Å². The monoisotopic (exact) mass is 265 g/mol. The summed E-state index contributed by atoms with van der Waals surface area (Å²) in [6.45, 7) is 5.79. The highest BCUT2D eigenvalue weighted by Gasteiger charge is 2.25. The molecule has 2 atom stereocenters. The lowest BCUT2D eigenvalue weighted by molar-refractivity contribution is 0.411. The Hall–Kier alpha value is -0.450. The first-order valence-electron chi connectivity index (χ1n) is 7.10. The zero-order chi connectivity index (χ0) is 12.5. The number of thiazole rings is 1. The second-order valence-corrected chi connectivity index (χ2v) is 6.92. The van der Waals surface area contributed by atoms with Crippen LogP contribution in [0.25, 0.3) is 0 Å². The molecule has 0 aliphatic carbocycles. The van der Waals surface area contributed by atoms with E-state index < -0.39 is 0 Å². The summed E-state index contributed by atoms with van der Waals surface area (Å²) >= 11 is 1.97. The topological polar surface area (TPSA) is 28.2 Å². The summed E-state index contributed by atoms with van der Waals surface area (Å²) in [4.78, 5) is 8.76. The number of aryl methyl sites for hydroxylation is 1. The van der Waals surface area contributed by atoms with Crippen molar-refractivity contribution in [3.8, 4) is 0 Å². The van der Waals surface area contributed by atoms with Gasteiger partial charge in [-0.2, -0.15) is 0 Å². The summed E-state index contributed by atoms with van der Waals surface area (Å²) < 4.78 is 0. The Morgan fingerprint density at radius 3 is 3.00 bits per heavy atom. The molecule has 1 N–H and O–H groups in total. The summed E-state index contributed by atoms with van der Waals surface area (Å²) in [5.74, 6) is 0.684. The van der Waals surface area contributed by atoms with E-state index in [9.17, 15) is 0 Å². The van der Waals surface area contributed by atoms with Gasteiger partial charge in [0.2, 0.25) is 0 Å². The summed E-state index contributed by atoms with van der Waals surface area (Å²) in [6.07, 6.45) is 5.14. The van der Waals surface area contributed by atoms with E-state index >= 15 is 0 Å². The molecule has 100 valence electrons. The lowest BCUT2D eigenvalue weighted by atomic mass is 10.1. The fourth-order valence-electron chi connectivity index (χ4n) is 3.11. The summed E-state index contributed by atoms with van der Waals surface area (Å²) in [5.41, 5.74) is 1.28. The normalized spacial score (nSPS) is 29.2. The molecule has 3 nitrogen and oxygen atoms in total. The zero-order valence-corrected chi connectivity index (χ0v) is 12.2. The van der Waals surface area contributed by atoms with Crippen molar-refractivity contribution in [3.63, 3.8) is 0 Å². The third-order valence-electron chi connectivity index (χ3n) is 4.24. The van der Waals surface area contributed by atoms with E-state index in [1.54, 1.807) is 0 Å². The molecular weight excluding hydrogens is 242 g/mol. The Labute approximate surface area is 114 Å². The maximum atomic E-state index is 4.83. The molecule has 0 radical (unpaired) electrons. The van der Waals surface area contributed by atoms with E-state index in [0.29, 0.717) is 12.0 Å². The minimum Gasteiger partial charge on any atom is -0.314 e. The smallest absolute Gasteiger partial charge is 0.0975 e. The molecule has 0 spiro atoms. The Bertz CT molecular complexity index is 409. The van der Waals surface area contributed by atoms with Gasteiger partial charge in [-0.3, -0.25) is 0 Å². The summed E-state index contributed by atoms with van der Waals surface area (Å²) in [7, 11) is 2.21. The quantitative estimate of drug-likeness (QED) is 0.908. The zero-order valence-electron chi connectivity index (χ0n) is 11.4. The lowest BCUT2D eigenvalue weighted by Gasteiger charge is -2.08. The number of hydrogen-bond acceptors (Lipinski definition) is 4. The SMILES string of the molecule is Cc1nc(C2CCN(C)C2)sc1CC1CCCN1. The van der Waals surface area contributed by atoms with E-state index in [4.69, 9.17) is 4.98 Å². The van der Waals surface area contributed by atoms with Crippen LogP contribution in [0, 0.1) is 6.92 Å². The highest BCUT2D eigenvalue weighted by molar-refractivity contribution is 7.11. The van der Waals surface area contributed by atoms with Crippen molar-refractivity contribution in [2.24, 2.45) is 0 Å². The number of nitrogens with zero attached hydrogens (tertiary/aromatic N) is 2.